The lowest BCUT2D eigenvalue weighted by atomic mass is 10.1. The number of hydrogen-bond acceptors (Lipinski definition) is 4. The van der Waals surface area contributed by atoms with Gasteiger partial charge in [0.25, 0.3) is 0 Å². The predicted molar refractivity (Wildman–Crippen MR) is 66.3 cm³/mol. The van der Waals surface area contributed by atoms with Gasteiger partial charge in [-0.05, 0) is 17.5 Å². The van der Waals surface area contributed by atoms with Crippen molar-refractivity contribution in [2.24, 2.45) is 5.92 Å². The van der Waals surface area contributed by atoms with Gasteiger partial charge in [0.05, 0.1) is 12.4 Å². The maximum absolute atomic E-state index is 12.1. The van der Waals surface area contributed by atoms with Gasteiger partial charge in [-0.15, -0.1) is 0 Å². The van der Waals surface area contributed by atoms with Crippen molar-refractivity contribution in [1.29, 1.82) is 0 Å². The molecule has 0 bridgehead atoms. The Bertz CT molecular complexity index is 461. The number of halogens is 1. The lowest BCUT2D eigenvalue weighted by Gasteiger charge is -2.20. The quantitative estimate of drug-likeness (QED) is 0.770. The second kappa shape index (κ2) is 5.75. The van der Waals surface area contributed by atoms with Crippen LogP contribution in [-0.4, -0.2) is 36.3 Å². The third-order valence-corrected chi connectivity index (χ3v) is 4.54. The fourth-order valence-electron chi connectivity index (χ4n) is 1.28. The van der Waals surface area contributed by atoms with Crippen LogP contribution in [0.2, 0.25) is 5.28 Å². The molecule has 0 N–H and O–H groups in total. The lowest BCUT2D eigenvalue weighted by molar-refractivity contribution is 0.393. The molecule has 0 aliphatic heterocycles. The summed E-state index contributed by atoms with van der Waals surface area (Å²) in [5, 5.41) is 0.0357. The van der Waals surface area contributed by atoms with Crippen LogP contribution in [0.1, 0.15) is 20.3 Å². The molecule has 1 aromatic heterocycles. The summed E-state index contributed by atoms with van der Waals surface area (Å²) >= 11 is 5.52. The van der Waals surface area contributed by atoms with E-state index in [1.807, 2.05) is 13.8 Å². The van der Waals surface area contributed by atoms with Gasteiger partial charge < -0.3 is 0 Å². The van der Waals surface area contributed by atoms with Gasteiger partial charge >= 0.3 is 0 Å². The van der Waals surface area contributed by atoms with E-state index < -0.39 is 10.0 Å². The Balaban J connectivity index is 2.91. The maximum Gasteiger partial charge on any atom is 0.245 e. The van der Waals surface area contributed by atoms with Crippen molar-refractivity contribution >= 4 is 21.6 Å². The smallest absolute Gasteiger partial charge is 0.225 e. The normalized spacial score (nSPS) is 13.9. The Morgan fingerprint density at radius 3 is 2.41 bits per heavy atom. The second-order valence-electron chi connectivity index (χ2n) is 3.99. The molecule has 1 heterocycles. The van der Waals surface area contributed by atoms with Crippen LogP contribution < -0.4 is 0 Å². The Hall–Kier alpha value is -0.720. The summed E-state index contributed by atoms with van der Waals surface area (Å²) in [5.74, 6) is 0.308. The molecular weight excluding hydrogens is 262 g/mol. The summed E-state index contributed by atoms with van der Waals surface area (Å²) in [6.45, 7) is 4.50. The van der Waals surface area contributed by atoms with Crippen molar-refractivity contribution in [1.82, 2.24) is 14.3 Å². The number of sulfonamides is 1. The third kappa shape index (κ3) is 3.62. The van der Waals surface area contributed by atoms with E-state index in [4.69, 9.17) is 11.6 Å². The molecule has 0 saturated heterocycles. The van der Waals surface area contributed by atoms with Crippen LogP contribution in [0.25, 0.3) is 0 Å². The van der Waals surface area contributed by atoms with Gasteiger partial charge in [0.2, 0.25) is 15.3 Å². The molecular formula is C10H16ClN3O2S. The molecule has 0 fully saturated rings. The van der Waals surface area contributed by atoms with Gasteiger partial charge in [0, 0.05) is 13.6 Å². The average molecular weight is 278 g/mol. The lowest BCUT2D eigenvalue weighted by Crippen LogP contribution is -2.31. The molecule has 1 atom stereocenters. The van der Waals surface area contributed by atoms with E-state index in [0.717, 1.165) is 6.42 Å². The van der Waals surface area contributed by atoms with E-state index in [0.29, 0.717) is 12.5 Å². The van der Waals surface area contributed by atoms with Crippen molar-refractivity contribution in [2.75, 3.05) is 13.6 Å². The fraction of sp³-hybridized carbons (Fsp3) is 0.600. The summed E-state index contributed by atoms with van der Waals surface area (Å²) in [6, 6.07) is 0. The molecule has 1 rings (SSSR count). The van der Waals surface area contributed by atoms with Crippen LogP contribution in [0.5, 0.6) is 0 Å². The minimum atomic E-state index is -3.51. The van der Waals surface area contributed by atoms with Crippen LogP contribution in [0.15, 0.2) is 17.3 Å². The van der Waals surface area contributed by atoms with E-state index in [1.165, 1.54) is 16.7 Å². The first kappa shape index (κ1) is 14.3. The number of nitrogens with zero attached hydrogens (tertiary/aromatic N) is 3. The Morgan fingerprint density at radius 1 is 1.41 bits per heavy atom. The molecule has 0 saturated carbocycles. The molecule has 0 aromatic carbocycles. The minimum Gasteiger partial charge on any atom is -0.225 e. The topological polar surface area (TPSA) is 63.2 Å². The Morgan fingerprint density at radius 2 is 1.94 bits per heavy atom. The fourth-order valence-corrected chi connectivity index (χ4v) is 2.56. The zero-order valence-corrected chi connectivity index (χ0v) is 11.7. The van der Waals surface area contributed by atoms with E-state index in [1.54, 1.807) is 7.05 Å². The largest absolute Gasteiger partial charge is 0.245 e. The van der Waals surface area contributed by atoms with Crippen molar-refractivity contribution < 1.29 is 8.42 Å². The molecule has 0 amide bonds. The first-order chi connectivity index (χ1) is 7.87. The summed E-state index contributed by atoms with van der Waals surface area (Å²) in [4.78, 5) is 7.41. The number of aromatic nitrogens is 2. The summed E-state index contributed by atoms with van der Waals surface area (Å²) in [5.41, 5.74) is 0. The first-order valence-corrected chi connectivity index (χ1v) is 7.13. The molecule has 0 aliphatic carbocycles. The van der Waals surface area contributed by atoms with Crippen LogP contribution >= 0.6 is 11.6 Å². The van der Waals surface area contributed by atoms with Crippen LogP contribution in [0, 0.1) is 5.92 Å². The SMILES string of the molecule is CCC(C)CN(C)S(=O)(=O)c1cnc(Cl)nc1. The number of hydrogen-bond donors (Lipinski definition) is 0. The van der Waals surface area contributed by atoms with E-state index in [9.17, 15) is 8.42 Å². The number of rotatable bonds is 5. The van der Waals surface area contributed by atoms with Gasteiger partial charge in [-0.25, -0.2) is 22.7 Å². The molecule has 0 radical (unpaired) electrons. The standard InChI is InChI=1S/C10H16ClN3O2S/c1-4-8(2)7-14(3)17(15,16)9-5-12-10(11)13-6-9/h5-6,8H,4,7H2,1-3H3. The van der Waals surface area contributed by atoms with Crippen molar-refractivity contribution in [2.45, 2.75) is 25.2 Å². The molecule has 7 heteroatoms. The van der Waals surface area contributed by atoms with Crippen molar-refractivity contribution in [3.05, 3.63) is 17.7 Å². The first-order valence-electron chi connectivity index (χ1n) is 5.31. The van der Waals surface area contributed by atoms with Gasteiger partial charge in [-0.2, -0.15) is 0 Å². The highest BCUT2D eigenvalue weighted by Crippen LogP contribution is 2.15. The molecule has 1 aromatic rings. The molecule has 96 valence electrons. The summed E-state index contributed by atoms with van der Waals surface area (Å²) < 4.78 is 25.5. The zero-order chi connectivity index (χ0) is 13.1. The molecule has 5 nitrogen and oxygen atoms in total. The average Bonchev–Trinajstić information content (AvgIpc) is 2.29. The van der Waals surface area contributed by atoms with Gasteiger partial charge in [0.15, 0.2) is 0 Å². The maximum atomic E-state index is 12.1. The van der Waals surface area contributed by atoms with Crippen molar-refractivity contribution in [3.8, 4) is 0 Å². The monoisotopic (exact) mass is 277 g/mol. The zero-order valence-electron chi connectivity index (χ0n) is 10.1. The van der Waals surface area contributed by atoms with E-state index in [-0.39, 0.29) is 10.2 Å². The van der Waals surface area contributed by atoms with E-state index >= 15 is 0 Å². The second-order valence-corrected chi connectivity index (χ2v) is 6.37. The predicted octanol–water partition coefficient (Wildman–Crippen LogP) is 1.80. The third-order valence-electron chi connectivity index (χ3n) is 2.57. The van der Waals surface area contributed by atoms with Crippen LogP contribution in [-0.2, 0) is 10.0 Å². The Kier molecular flexibility index (Phi) is 4.85. The highest BCUT2D eigenvalue weighted by atomic mass is 35.5. The molecule has 0 aliphatic rings. The van der Waals surface area contributed by atoms with Crippen molar-refractivity contribution in [3.63, 3.8) is 0 Å². The van der Waals surface area contributed by atoms with Gasteiger partial charge in [0.1, 0.15) is 4.90 Å². The molecule has 0 spiro atoms. The van der Waals surface area contributed by atoms with Gasteiger partial charge in [-0.1, -0.05) is 20.3 Å². The Labute approximate surface area is 107 Å². The molecule has 17 heavy (non-hydrogen) atoms. The summed E-state index contributed by atoms with van der Waals surface area (Å²) in [6.07, 6.45) is 3.37. The van der Waals surface area contributed by atoms with Crippen LogP contribution in [0.4, 0.5) is 0 Å². The highest BCUT2D eigenvalue weighted by molar-refractivity contribution is 7.89. The van der Waals surface area contributed by atoms with Crippen LogP contribution in [0.3, 0.4) is 0 Å². The molecule has 1 unspecified atom stereocenters. The summed E-state index contributed by atoms with van der Waals surface area (Å²) in [7, 11) is -1.96. The highest BCUT2D eigenvalue weighted by Gasteiger charge is 2.22. The minimum absolute atomic E-state index is 0.0357. The van der Waals surface area contributed by atoms with Gasteiger partial charge in [-0.3, -0.25) is 0 Å². The van der Waals surface area contributed by atoms with E-state index in [2.05, 4.69) is 9.97 Å².